The van der Waals surface area contributed by atoms with Crippen molar-refractivity contribution in [2.75, 3.05) is 26.1 Å². The van der Waals surface area contributed by atoms with Gasteiger partial charge in [-0.3, -0.25) is 4.79 Å². The number of hydrogen-bond donors (Lipinski definition) is 2. The highest BCUT2D eigenvalue weighted by Gasteiger charge is 2.07. The molecule has 2 aromatic carbocycles. The predicted molar refractivity (Wildman–Crippen MR) is 96.0 cm³/mol. The molecule has 5 nitrogen and oxygen atoms in total. The maximum absolute atomic E-state index is 11.9. The van der Waals surface area contributed by atoms with Crippen LogP contribution in [0.25, 0.3) is 0 Å². The summed E-state index contributed by atoms with van der Waals surface area (Å²) in [4.78, 5) is 11.9. The van der Waals surface area contributed by atoms with Gasteiger partial charge in [-0.05, 0) is 23.8 Å². The summed E-state index contributed by atoms with van der Waals surface area (Å²) in [6.07, 6.45) is 0.347. The molecule has 0 spiro atoms. The van der Waals surface area contributed by atoms with Crippen molar-refractivity contribution in [2.24, 2.45) is 0 Å². The number of halogens is 1. The smallest absolute Gasteiger partial charge is 0.222 e. The number of hydrogen-bond acceptors (Lipinski definition) is 4. The van der Waals surface area contributed by atoms with E-state index < -0.39 is 0 Å². The summed E-state index contributed by atoms with van der Waals surface area (Å²) in [5.41, 5.74) is 1.72. The number of ether oxygens (including phenoxy) is 2. The van der Waals surface area contributed by atoms with Crippen LogP contribution in [0.2, 0.25) is 5.02 Å². The molecule has 0 atom stereocenters. The van der Waals surface area contributed by atoms with E-state index in [4.69, 9.17) is 21.1 Å². The van der Waals surface area contributed by atoms with E-state index in [2.05, 4.69) is 10.6 Å². The lowest BCUT2D eigenvalue weighted by Crippen LogP contribution is -2.25. The topological polar surface area (TPSA) is 59.6 Å². The van der Waals surface area contributed by atoms with Crippen LogP contribution in [0.4, 0.5) is 5.69 Å². The molecule has 0 aromatic heterocycles. The number of amides is 1. The van der Waals surface area contributed by atoms with Gasteiger partial charge in [-0.25, -0.2) is 0 Å². The van der Waals surface area contributed by atoms with Crippen molar-refractivity contribution in [1.29, 1.82) is 0 Å². The lowest BCUT2D eigenvalue weighted by Gasteiger charge is -2.12. The average Bonchev–Trinajstić information content (AvgIpc) is 2.61. The van der Waals surface area contributed by atoms with E-state index in [1.165, 1.54) is 0 Å². The molecule has 6 heteroatoms. The van der Waals surface area contributed by atoms with Crippen molar-refractivity contribution in [3.63, 3.8) is 0 Å². The van der Waals surface area contributed by atoms with Gasteiger partial charge in [-0.2, -0.15) is 0 Å². The molecule has 24 heavy (non-hydrogen) atoms. The molecule has 2 aromatic rings. The molecule has 0 aliphatic rings. The third-order valence-electron chi connectivity index (χ3n) is 3.51. The van der Waals surface area contributed by atoms with Gasteiger partial charge < -0.3 is 20.1 Å². The van der Waals surface area contributed by atoms with Crippen LogP contribution in [0.5, 0.6) is 11.5 Å². The number of carbonyl (C=O) groups is 1. The normalized spacial score (nSPS) is 10.1. The minimum absolute atomic E-state index is 0.0464. The third-order valence-corrected chi connectivity index (χ3v) is 3.88. The number of methoxy groups -OCH3 is 2. The molecule has 1 amide bonds. The van der Waals surface area contributed by atoms with E-state index >= 15 is 0 Å². The van der Waals surface area contributed by atoms with E-state index in [1.807, 2.05) is 30.3 Å². The van der Waals surface area contributed by atoms with Crippen LogP contribution in [0.1, 0.15) is 12.0 Å². The fourth-order valence-corrected chi connectivity index (χ4v) is 2.38. The van der Waals surface area contributed by atoms with Crippen LogP contribution in [-0.2, 0) is 11.3 Å². The van der Waals surface area contributed by atoms with Gasteiger partial charge in [0.2, 0.25) is 5.91 Å². The Morgan fingerprint density at radius 1 is 1.12 bits per heavy atom. The summed E-state index contributed by atoms with van der Waals surface area (Å²) in [6, 6.07) is 12.9. The zero-order valence-electron chi connectivity index (χ0n) is 13.8. The molecule has 0 unspecified atom stereocenters. The largest absolute Gasteiger partial charge is 0.497 e. The average molecular weight is 349 g/mol. The van der Waals surface area contributed by atoms with Crippen LogP contribution in [-0.4, -0.2) is 26.7 Å². The second-order valence-corrected chi connectivity index (χ2v) is 5.52. The molecule has 0 saturated heterocycles. The number of benzene rings is 2. The lowest BCUT2D eigenvalue weighted by atomic mass is 10.2. The third kappa shape index (κ3) is 5.06. The highest BCUT2D eigenvalue weighted by molar-refractivity contribution is 6.31. The highest BCUT2D eigenvalue weighted by atomic mass is 35.5. The van der Waals surface area contributed by atoms with Crippen LogP contribution in [0.15, 0.2) is 42.5 Å². The van der Waals surface area contributed by atoms with E-state index in [0.29, 0.717) is 30.3 Å². The van der Waals surface area contributed by atoms with Crippen molar-refractivity contribution in [2.45, 2.75) is 13.0 Å². The zero-order chi connectivity index (χ0) is 17.4. The van der Waals surface area contributed by atoms with Gasteiger partial charge in [0.1, 0.15) is 11.5 Å². The second-order valence-electron chi connectivity index (χ2n) is 5.11. The fraction of sp³-hybridized carbons (Fsp3) is 0.278. The standard InChI is InChI=1S/C18H21ClN2O3/c1-23-14-7-8-16(17(11-14)24-2)20-10-9-18(22)21-12-13-5-3-4-6-15(13)19/h3-8,11,20H,9-10,12H2,1-2H3,(H,21,22). The van der Waals surface area contributed by atoms with Gasteiger partial charge in [0.05, 0.1) is 19.9 Å². The summed E-state index contributed by atoms with van der Waals surface area (Å²) in [6.45, 7) is 0.918. The minimum Gasteiger partial charge on any atom is -0.497 e. The molecule has 0 bridgehead atoms. The molecule has 2 rings (SSSR count). The Morgan fingerprint density at radius 2 is 1.92 bits per heavy atom. The predicted octanol–water partition coefficient (Wildman–Crippen LogP) is 3.48. The Balaban J connectivity index is 1.79. The van der Waals surface area contributed by atoms with Gasteiger partial charge in [0, 0.05) is 30.6 Å². The quantitative estimate of drug-likeness (QED) is 0.766. The molecule has 0 radical (unpaired) electrons. The summed E-state index contributed by atoms with van der Waals surface area (Å²) >= 11 is 6.06. The first kappa shape index (κ1) is 17.9. The number of carbonyl (C=O) groups excluding carboxylic acids is 1. The van der Waals surface area contributed by atoms with Crippen LogP contribution in [0.3, 0.4) is 0 Å². The summed E-state index contributed by atoms with van der Waals surface area (Å²) in [5.74, 6) is 1.34. The lowest BCUT2D eigenvalue weighted by molar-refractivity contribution is -0.121. The maximum atomic E-state index is 11.9. The van der Waals surface area contributed by atoms with Gasteiger partial charge in [0.15, 0.2) is 0 Å². The Labute approximate surface area is 146 Å². The van der Waals surface area contributed by atoms with Crippen LogP contribution in [0, 0.1) is 0 Å². The van der Waals surface area contributed by atoms with Crippen molar-refractivity contribution < 1.29 is 14.3 Å². The first-order valence-corrected chi connectivity index (χ1v) is 7.98. The minimum atomic E-state index is -0.0464. The molecular weight excluding hydrogens is 328 g/mol. The first-order chi connectivity index (χ1) is 11.6. The summed E-state index contributed by atoms with van der Waals surface area (Å²) in [7, 11) is 3.20. The summed E-state index contributed by atoms with van der Waals surface area (Å²) < 4.78 is 10.5. The van der Waals surface area contributed by atoms with Crippen molar-refractivity contribution in [3.8, 4) is 11.5 Å². The number of anilines is 1. The molecule has 0 saturated carbocycles. The van der Waals surface area contributed by atoms with Gasteiger partial charge in [0.25, 0.3) is 0 Å². The van der Waals surface area contributed by atoms with E-state index in [9.17, 15) is 4.79 Å². The molecule has 0 heterocycles. The second kappa shape index (κ2) is 9.03. The molecule has 2 N–H and O–H groups in total. The maximum Gasteiger partial charge on any atom is 0.222 e. The Hall–Kier alpha value is -2.40. The molecular formula is C18H21ClN2O3. The Kier molecular flexibility index (Phi) is 6.75. The molecule has 0 fully saturated rings. The monoisotopic (exact) mass is 348 g/mol. The van der Waals surface area contributed by atoms with Crippen molar-refractivity contribution in [3.05, 3.63) is 53.1 Å². The molecule has 0 aliphatic heterocycles. The SMILES string of the molecule is COc1ccc(NCCC(=O)NCc2ccccc2Cl)c(OC)c1. The van der Waals surface area contributed by atoms with Gasteiger partial charge >= 0.3 is 0 Å². The van der Waals surface area contributed by atoms with Gasteiger partial charge in [-0.1, -0.05) is 29.8 Å². The highest BCUT2D eigenvalue weighted by Crippen LogP contribution is 2.28. The van der Waals surface area contributed by atoms with Crippen LogP contribution < -0.4 is 20.1 Å². The van der Waals surface area contributed by atoms with Crippen molar-refractivity contribution in [1.82, 2.24) is 5.32 Å². The Morgan fingerprint density at radius 3 is 2.62 bits per heavy atom. The summed E-state index contributed by atoms with van der Waals surface area (Å²) in [5, 5.41) is 6.70. The number of rotatable bonds is 8. The fourth-order valence-electron chi connectivity index (χ4n) is 2.18. The van der Waals surface area contributed by atoms with Gasteiger partial charge in [-0.15, -0.1) is 0 Å². The molecule has 0 aliphatic carbocycles. The van der Waals surface area contributed by atoms with Crippen LogP contribution >= 0.6 is 11.6 Å². The first-order valence-electron chi connectivity index (χ1n) is 7.60. The Bertz CT molecular complexity index is 692. The van der Waals surface area contributed by atoms with E-state index in [0.717, 1.165) is 17.0 Å². The van der Waals surface area contributed by atoms with E-state index in [-0.39, 0.29) is 5.91 Å². The number of nitrogens with one attached hydrogen (secondary N) is 2. The molecule has 128 valence electrons. The zero-order valence-corrected chi connectivity index (χ0v) is 14.5. The van der Waals surface area contributed by atoms with Crippen molar-refractivity contribution >= 4 is 23.2 Å². The van der Waals surface area contributed by atoms with E-state index in [1.54, 1.807) is 26.4 Å².